The van der Waals surface area contributed by atoms with Crippen LogP contribution < -0.4 is 10.6 Å². The minimum atomic E-state index is -0.896. The van der Waals surface area contributed by atoms with Crippen molar-refractivity contribution in [2.45, 2.75) is 24.8 Å². The van der Waals surface area contributed by atoms with Crippen LogP contribution in [0.1, 0.15) is 24.8 Å². The summed E-state index contributed by atoms with van der Waals surface area (Å²) in [7, 11) is 0. The maximum atomic E-state index is 12.7. The normalized spacial score (nSPS) is 29.8. The molecule has 4 nitrogen and oxygen atoms in total. The summed E-state index contributed by atoms with van der Waals surface area (Å²) in [6, 6.07) is 9.97. The Morgan fingerprint density at radius 2 is 2.14 bits per heavy atom. The van der Waals surface area contributed by atoms with Crippen molar-refractivity contribution in [2.75, 3.05) is 5.32 Å². The monoisotopic (exact) mass is 295 g/mol. The summed E-state index contributed by atoms with van der Waals surface area (Å²) in [6.07, 6.45) is 2.67. The summed E-state index contributed by atoms with van der Waals surface area (Å²) >= 11 is 5.39. The predicted molar refractivity (Wildman–Crippen MR) is 82.5 cm³/mol. The first-order valence-corrected chi connectivity index (χ1v) is 7.44. The van der Waals surface area contributed by atoms with E-state index < -0.39 is 5.54 Å². The Bertz CT molecular complexity index is 761. The lowest BCUT2D eigenvalue weighted by atomic mass is 9.76. The van der Waals surface area contributed by atoms with Crippen LogP contribution in [0.3, 0.4) is 0 Å². The van der Waals surface area contributed by atoms with E-state index in [0.29, 0.717) is 4.99 Å². The molecule has 0 radical (unpaired) electrons. The SMILES string of the molecule is N#C[C@H]1C(=S)N[C@@]2(C(=O)Nc3ccccc32)C2=C1CCC2. The number of hydrogen-bond donors (Lipinski definition) is 2. The molecule has 5 heteroatoms. The van der Waals surface area contributed by atoms with Gasteiger partial charge in [0.2, 0.25) is 0 Å². The third-order valence-electron chi connectivity index (χ3n) is 4.68. The Hall–Kier alpha value is -2.19. The summed E-state index contributed by atoms with van der Waals surface area (Å²) in [4.78, 5) is 13.2. The molecule has 0 saturated carbocycles. The Balaban J connectivity index is 2.01. The molecule has 1 aromatic rings. The van der Waals surface area contributed by atoms with Gasteiger partial charge in [0, 0.05) is 11.3 Å². The topological polar surface area (TPSA) is 64.9 Å². The van der Waals surface area contributed by atoms with Gasteiger partial charge in [-0.2, -0.15) is 5.26 Å². The molecule has 1 spiro atoms. The highest BCUT2D eigenvalue weighted by Gasteiger charge is 2.55. The quantitative estimate of drug-likeness (QED) is 0.570. The van der Waals surface area contributed by atoms with E-state index in [9.17, 15) is 10.1 Å². The van der Waals surface area contributed by atoms with Crippen LogP contribution in [0.5, 0.6) is 0 Å². The zero-order chi connectivity index (χ0) is 14.6. The van der Waals surface area contributed by atoms with Crippen LogP contribution in [-0.2, 0) is 10.3 Å². The molecular weight excluding hydrogens is 282 g/mol. The second-order valence-corrected chi connectivity index (χ2v) is 6.10. The Labute approximate surface area is 127 Å². The zero-order valence-corrected chi connectivity index (χ0v) is 12.1. The highest BCUT2D eigenvalue weighted by Crippen LogP contribution is 2.50. The number of para-hydroxylation sites is 1. The van der Waals surface area contributed by atoms with Crippen molar-refractivity contribution in [3.63, 3.8) is 0 Å². The number of thiocarbonyl (C=S) groups is 1. The van der Waals surface area contributed by atoms with Gasteiger partial charge in [0.05, 0.1) is 11.1 Å². The Morgan fingerprint density at radius 1 is 1.33 bits per heavy atom. The molecule has 1 amide bonds. The summed E-state index contributed by atoms with van der Waals surface area (Å²) in [5.41, 5.74) is 2.95. The van der Waals surface area contributed by atoms with Gasteiger partial charge in [-0.3, -0.25) is 4.79 Å². The predicted octanol–water partition coefficient (Wildman–Crippen LogP) is 2.38. The zero-order valence-electron chi connectivity index (χ0n) is 11.3. The number of amides is 1. The molecule has 3 aliphatic rings. The summed E-state index contributed by atoms with van der Waals surface area (Å²) in [6.45, 7) is 0. The summed E-state index contributed by atoms with van der Waals surface area (Å²) < 4.78 is 0. The van der Waals surface area contributed by atoms with Crippen LogP contribution >= 0.6 is 12.2 Å². The summed E-state index contributed by atoms with van der Waals surface area (Å²) in [5, 5.41) is 15.5. The molecule has 0 saturated heterocycles. The molecule has 1 aliphatic carbocycles. The van der Waals surface area contributed by atoms with Gasteiger partial charge in [-0.05, 0) is 36.5 Å². The first-order chi connectivity index (χ1) is 10.2. The van der Waals surface area contributed by atoms with E-state index in [4.69, 9.17) is 12.2 Å². The van der Waals surface area contributed by atoms with Gasteiger partial charge in [0.1, 0.15) is 5.92 Å². The second-order valence-electron chi connectivity index (χ2n) is 5.66. The van der Waals surface area contributed by atoms with Gasteiger partial charge in [-0.25, -0.2) is 0 Å². The van der Waals surface area contributed by atoms with Gasteiger partial charge < -0.3 is 10.6 Å². The van der Waals surface area contributed by atoms with Gasteiger partial charge in [-0.15, -0.1) is 0 Å². The molecule has 4 rings (SSSR count). The molecular formula is C16H13N3OS. The largest absolute Gasteiger partial charge is 0.357 e. The molecule has 2 aliphatic heterocycles. The van der Waals surface area contributed by atoms with Crippen molar-refractivity contribution in [3.05, 3.63) is 41.0 Å². The third kappa shape index (κ3) is 1.43. The van der Waals surface area contributed by atoms with Crippen LogP contribution in [-0.4, -0.2) is 10.9 Å². The Kier molecular flexibility index (Phi) is 2.48. The average molecular weight is 295 g/mol. The fourth-order valence-corrected chi connectivity index (χ4v) is 4.17. The number of hydrogen-bond acceptors (Lipinski definition) is 3. The number of rotatable bonds is 0. The van der Waals surface area contributed by atoms with E-state index in [-0.39, 0.29) is 11.8 Å². The van der Waals surface area contributed by atoms with Crippen molar-refractivity contribution in [1.29, 1.82) is 5.26 Å². The second kappa shape index (κ2) is 4.15. The highest BCUT2D eigenvalue weighted by molar-refractivity contribution is 7.80. The standard InChI is InChI=1S/C16H13N3OS/c17-8-10-9-4-3-6-11(9)16(19-14(10)21)12-5-1-2-7-13(12)18-15(16)20/h1-2,5,7,10H,3-4,6H2,(H,18,20)(H,19,21)/t10-,16+/m1/s1. The molecule has 0 unspecified atom stereocenters. The number of nitrogens with zero attached hydrogens (tertiary/aromatic N) is 1. The van der Waals surface area contributed by atoms with Crippen LogP contribution in [0, 0.1) is 17.2 Å². The minimum absolute atomic E-state index is 0.0863. The van der Waals surface area contributed by atoms with Crippen molar-refractivity contribution in [3.8, 4) is 6.07 Å². The maximum Gasteiger partial charge on any atom is 0.259 e. The number of benzene rings is 1. The van der Waals surface area contributed by atoms with E-state index in [0.717, 1.165) is 41.7 Å². The van der Waals surface area contributed by atoms with E-state index in [1.165, 1.54) is 0 Å². The van der Waals surface area contributed by atoms with Gasteiger partial charge in [-0.1, -0.05) is 30.4 Å². The minimum Gasteiger partial charge on any atom is -0.357 e. The molecule has 0 fully saturated rings. The molecule has 104 valence electrons. The van der Waals surface area contributed by atoms with Crippen LogP contribution in [0.4, 0.5) is 5.69 Å². The van der Waals surface area contributed by atoms with Crippen molar-refractivity contribution < 1.29 is 4.79 Å². The van der Waals surface area contributed by atoms with E-state index in [1.54, 1.807) is 0 Å². The number of nitrogens with one attached hydrogen (secondary N) is 2. The molecule has 0 bridgehead atoms. The highest BCUT2D eigenvalue weighted by atomic mass is 32.1. The van der Waals surface area contributed by atoms with Crippen molar-refractivity contribution in [2.24, 2.45) is 5.92 Å². The summed E-state index contributed by atoms with van der Waals surface area (Å²) in [5.74, 6) is -0.472. The molecule has 0 aromatic heterocycles. The van der Waals surface area contributed by atoms with Crippen LogP contribution in [0.2, 0.25) is 0 Å². The molecule has 21 heavy (non-hydrogen) atoms. The lowest BCUT2D eigenvalue weighted by Gasteiger charge is -2.38. The number of nitriles is 1. The average Bonchev–Trinajstić information content (AvgIpc) is 3.05. The lowest BCUT2D eigenvalue weighted by Crippen LogP contribution is -2.56. The van der Waals surface area contributed by atoms with Crippen molar-refractivity contribution in [1.82, 2.24) is 5.32 Å². The first kappa shape index (κ1) is 12.5. The fourth-order valence-electron chi connectivity index (χ4n) is 3.82. The number of anilines is 1. The first-order valence-electron chi connectivity index (χ1n) is 7.03. The number of fused-ring (bicyclic) bond motifs is 3. The molecule has 2 atom stereocenters. The number of carbonyl (C=O) groups excluding carboxylic acids is 1. The molecule has 2 heterocycles. The van der Waals surface area contributed by atoms with Gasteiger partial charge >= 0.3 is 0 Å². The van der Waals surface area contributed by atoms with E-state index in [1.807, 2.05) is 24.3 Å². The molecule has 2 N–H and O–H groups in total. The lowest BCUT2D eigenvalue weighted by molar-refractivity contribution is -0.120. The van der Waals surface area contributed by atoms with Crippen molar-refractivity contribution >= 4 is 28.8 Å². The third-order valence-corrected chi connectivity index (χ3v) is 5.02. The van der Waals surface area contributed by atoms with Crippen LogP contribution in [0.25, 0.3) is 0 Å². The van der Waals surface area contributed by atoms with Gasteiger partial charge in [0.15, 0.2) is 5.54 Å². The van der Waals surface area contributed by atoms with E-state index >= 15 is 0 Å². The number of carbonyl (C=O) groups is 1. The van der Waals surface area contributed by atoms with Gasteiger partial charge in [0.25, 0.3) is 5.91 Å². The molecule has 1 aromatic carbocycles. The fraction of sp³-hybridized carbons (Fsp3) is 0.312. The smallest absolute Gasteiger partial charge is 0.259 e. The van der Waals surface area contributed by atoms with E-state index in [2.05, 4.69) is 16.7 Å². The van der Waals surface area contributed by atoms with Crippen LogP contribution in [0.15, 0.2) is 35.4 Å². The maximum absolute atomic E-state index is 12.7. The Morgan fingerprint density at radius 3 is 2.95 bits per heavy atom.